The maximum atomic E-state index is 14.2. The number of fused-ring (bicyclic) bond motifs is 1. The van der Waals surface area contributed by atoms with Gasteiger partial charge in [0, 0.05) is 16.7 Å². The van der Waals surface area contributed by atoms with Gasteiger partial charge in [-0.2, -0.15) is 0 Å². The smallest absolute Gasteiger partial charge is 0.215 e. The molecule has 0 spiro atoms. The van der Waals surface area contributed by atoms with Crippen molar-refractivity contribution in [3.63, 3.8) is 0 Å². The zero-order valence-electron chi connectivity index (χ0n) is 16.8. The van der Waals surface area contributed by atoms with E-state index in [0.717, 1.165) is 28.0 Å². The lowest BCUT2D eigenvalue weighted by molar-refractivity contribution is 0.179. The normalized spacial score (nSPS) is 16.9. The van der Waals surface area contributed by atoms with Crippen LogP contribution in [0.3, 0.4) is 0 Å². The summed E-state index contributed by atoms with van der Waals surface area (Å²) in [5.41, 5.74) is 3.45. The fraction of sp³-hybridized carbons (Fsp3) is 0.0345. The van der Waals surface area contributed by atoms with E-state index in [1.165, 1.54) is 12.1 Å². The van der Waals surface area contributed by atoms with E-state index in [1.807, 2.05) is 84.9 Å². The van der Waals surface area contributed by atoms with Gasteiger partial charge >= 0.3 is 0 Å². The van der Waals surface area contributed by atoms with Crippen LogP contribution in [0.1, 0.15) is 22.3 Å². The molecule has 0 N–H and O–H groups in total. The summed E-state index contributed by atoms with van der Waals surface area (Å²) >= 11 is 0. The van der Waals surface area contributed by atoms with Crippen molar-refractivity contribution in [1.82, 2.24) is 0 Å². The first-order valence-electron chi connectivity index (χ1n) is 10.1. The van der Waals surface area contributed by atoms with E-state index >= 15 is 0 Å². The van der Waals surface area contributed by atoms with Crippen molar-refractivity contribution in [3.8, 4) is 17.6 Å². The quantitative estimate of drug-likeness (QED) is 0.343. The molecule has 1 heterocycles. The number of rotatable bonds is 2. The fourth-order valence-electron chi connectivity index (χ4n) is 3.80. The van der Waals surface area contributed by atoms with Crippen LogP contribution in [0.15, 0.2) is 115 Å². The lowest BCUT2D eigenvalue weighted by Crippen LogP contribution is -2.32. The van der Waals surface area contributed by atoms with Crippen LogP contribution < -0.4 is 4.74 Å². The van der Waals surface area contributed by atoms with Crippen LogP contribution in [-0.4, -0.2) is 0 Å². The number of hydrogen-bond donors (Lipinski definition) is 0. The number of para-hydroxylation sites is 1. The molecule has 0 aliphatic carbocycles. The minimum Gasteiger partial charge on any atom is -0.466 e. The molecule has 0 amide bonds. The van der Waals surface area contributed by atoms with Gasteiger partial charge in [0.2, 0.25) is 5.60 Å². The van der Waals surface area contributed by atoms with Gasteiger partial charge in [-0.15, -0.1) is 0 Å². The Bertz CT molecular complexity index is 1310. The highest BCUT2D eigenvalue weighted by atomic mass is 19.1. The Hall–Kier alpha value is -4.09. The average molecular weight is 402 g/mol. The monoisotopic (exact) mass is 402 g/mol. The third-order valence-corrected chi connectivity index (χ3v) is 5.30. The second-order valence-corrected chi connectivity index (χ2v) is 7.38. The van der Waals surface area contributed by atoms with Crippen molar-refractivity contribution in [2.45, 2.75) is 5.60 Å². The highest BCUT2D eigenvalue weighted by Crippen LogP contribution is 2.43. The predicted molar refractivity (Wildman–Crippen MR) is 122 cm³/mol. The van der Waals surface area contributed by atoms with Gasteiger partial charge in [0.05, 0.1) is 0 Å². The van der Waals surface area contributed by atoms with E-state index < -0.39 is 5.60 Å². The molecule has 1 aliphatic rings. The summed E-state index contributed by atoms with van der Waals surface area (Å²) in [5, 5.41) is 0. The molecular formula is C29H19FO. The summed E-state index contributed by atoms with van der Waals surface area (Å²) in [7, 11) is 0. The second-order valence-electron chi connectivity index (χ2n) is 7.38. The Morgan fingerprint density at radius 2 is 1.42 bits per heavy atom. The minimum absolute atomic E-state index is 0.324. The maximum absolute atomic E-state index is 14.2. The van der Waals surface area contributed by atoms with E-state index in [1.54, 1.807) is 6.07 Å². The molecule has 1 nitrogen and oxygen atoms in total. The largest absolute Gasteiger partial charge is 0.466 e. The van der Waals surface area contributed by atoms with Gasteiger partial charge in [-0.1, -0.05) is 84.8 Å². The summed E-state index contributed by atoms with van der Waals surface area (Å²) < 4.78 is 20.8. The third-order valence-electron chi connectivity index (χ3n) is 5.30. The van der Waals surface area contributed by atoms with Crippen molar-refractivity contribution >= 4 is 5.57 Å². The summed E-state index contributed by atoms with van der Waals surface area (Å²) in [4.78, 5) is 0. The third kappa shape index (κ3) is 3.74. The second kappa shape index (κ2) is 7.97. The Morgan fingerprint density at radius 1 is 0.710 bits per heavy atom. The lowest BCUT2D eigenvalue weighted by atomic mass is 9.84. The Kier molecular flexibility index (Phi) is 4.86. The van der Waals surface area contributed by atoms with Crippen LogP contribution >= 0.6 is 0 Å². The molecule has 4 aromatic carbocycles. The van der Waals surface area contributed by atoms with Gasteiger partial charge in [-0.25, -0.2) is 4.39 Å². The molecule has 4 aromatic rings. The standard InChI is InChI=1S/C29H19FO/c30-25-15-9-14-24(20-25)29(19-18-22-10-3-1-4-11-22)21-27(23-12-5-2-6-13-23)26-16-7-8-17-28(26)31-29/h1-17,20-21H. The zero-order valence-corrected chi connectivity index (χ0v) is 16.8. The van der Waals surface area contributed by atoms with Gasteiger partial charge in [0.25, 0.3) is 0 Å². The van der Waals surface area contributed by atoms with Gasteiger partial charge in [-0.3, -0.25) is 0 Å². The molecule has 148 valence electrons. The molecule has 5 rings (SSSR count). The van der Waals surface area contributed by atoms with E-state index in [9.17, 15) is 4.39 Å². The molecule has 0 aromatic heterocycles. The minimum atomic E-state index is -1.13. The number of hydrogen-bond acceptors (Lipinski definition) is 1. The Balaban J connectivity index is 1.77. The van der Waals surface area contributed by atoms with Gasteiger partial charge < -0.3 is 4.74 Å². The molecule has 0 saturated heterocycles. The molecule has 0 saturated carbocycles. The van der Waals surface area contributed by atoms with E-state index in [2.05, 4.69) is 24.0 Å². The van der Waals surface area contributed by atoms with Crippen molar-refractivity contribution in [1.29, 1.82) is 0 Å². The average Bonchev–Trinajstić information content (AvgIpc) is 2.83. The Morgan fingerprint density at radius 3 is 2.19 bits per heavy atom. The van der Waals surface area contributed by atoms with Gasteiger partial charge in [0.1, 0.15) is 11.6 Å². The first-order valence-corrected chi connectivity index (χ1v) is 10.1. The van der Waals surface area contributed by atoms with Crippen molar-refractivity contribution < 1.29 is 9.13 Å². The van der Waals surface area contributed by atoms with Crippen molar-refractivity contribution in [2.75, 3.05) is 0 Å². The van der Waals surface area contributed by atoms with Crippen molar-refractivity contribution in [2.24, 2.45) is 0 Å². The number of ether oxygens (including phenoxy) is 1. The van der Waals surface area contributed by atoms with E-state index in [-0.39, 0.29) is 5.82 Å². The van der Waals surface area contributed by atoms with Crippen LogP contribution in [0, 0.1) is 17.7 Å². The molecule has 0 radical (unpaired) electrons. The Labute approximate surface area is 181 Å². The zero-order chi connectivity index (χ0) is 21.1. The summed E-state index contributed by atoms with van der Waals surface area (Å²) in [6.45, 7) is 0. The van der Waals surface area contributed by atoms with Crippen LogP contribution in [0.5, 0.6) is 5.75 Å². The molecule has 0 fully saturated rings. The summed E-state index contributed by atoms with van der Waals surface area (Å²) in [5.74, 6) is 6.95. The molecule has 1 aliphatic heterocycles. The molecule has 0 bridgehead atoms. The van der Waals surface area contributed by atoms with Gasteiger partial charge in [-0.05, 0) is 53.5 Å². The lowest BCUT2D eigenvalue weighted by Gasteiger charge is -2.34. The molecule has 31 heavy (non-hydrogen) atoms. The fourth-order valence-corrected chi connectivity index (χ4v) is 3.80. The molecular weight excluding hydrogens is 383 g/mol. The van der Waals surface area contributed by atoms with Gasteiger partial charge in [0.15, 0.2) is 0 Å². The first kappa shape index (κ1) is 18.9. The number of halogens is 1. The first-order chi connectivity index (χ1) is 15.2. The SMILES string of the molecule is Fc1cccc(C2(C#Cc3ccccc3)C=C(c3ccccc3)c3ccccc3O2)c1. The summed E-state index contributed by atoms with van der Waals surface area (Å²) in [6, 6.07) is 34.2. The van der Waals surface area contributed by atoms with Crippen LogP contribution in [-0.2, 0) is 5.60 Å². The number of benzene rings is 4. The van der Waals surface area contributed by atoms with E-state index in [4.69, 9.17) is 4.74 Å². The van der Waals surface area contributed by atoms with E-state index in [0.29, 0.717) is 5.56 Å². The van der Waals surface area contributed by atoms with Crippen LogP contribution in [0.2, 0.25) is 0 Å². The summed E-state index contributed by atoms with van der Waals surface area (Å²) in [6.07, 6.45) is 2.01. The van der Waals surface area contributed by atoms with Crippen LogP contribution in [0.4, 0.5) is 4.39 Å². The molecule has 1 atom stereocenters. The highest BCUT2D eigenvalue weighted by molar-refractivity contribution is 5.85. The van der Waals surface area contributed by atoms with Crippen molar-refractivity contribution in [3.05, 3.63) is 143 Å². The topological polar surface area (TPSA) is 9.23 Å². The van der Waals surface area contributed by atoms with Crippen LogP contribution in [0.25, 0.3) is 5.57 Å². The highest BCUT2D eigenvalue weighted by Gasteiger charge is 2.36. The molecule has 1 unspecified atom stereocenters. The molecule has 2 heteroatoms. The maximum Gasteiger partial charge on any atom is 0.215 e. The predicted octanol–water partition coefficient (Wildman–Crippen LogP) is 6.60.